The van der Waals surface area contributed by atoms with E-state index in [9.17, 15) is 4.79 Å². The third kappa shape index (κ3) is 3.15. The molecule has 1 atom stereocenters. The first kappa shape index (κ1) is 13.6. The minimum atomic E-state index is -0.457. The molecule has 2 heterocycles. The highest BCUT2D eigenvalue weighted by Crippen LogP contribution is 2.31. The molecule has 1 aliphatic heterocycles. The molecule has 18 heavy (non-hydrogen) atoms. The van der Waals surface area contributed by atoms with E-state index in [2.05, 4.69) is 32.6 Å². The quantitative estimate of drug-likeness (QED) is 0.781. The lowest BCUT2D eigenvalue weighted by Gasteiger charge is -2.27. The third-order valence-electron chi connectivity index (χ3n) is 2.76. The van der Waals surface area contributed by atoms with Gasteiger partial charge in [0.15, 0.2) is 0 Å². The molecule has 1 amide bonds. The van der Waals surface area contributed by atoms with Gasteiger partial charge in [-0.2, -0.15) is 0 Å². The minimum Gasteiger partial charge on any atom is -0.444 e. The number of hydrogen-bond donors (Lipinski definition) is 1. The van der Waals surface area contributed by atoms with E-state index in [-0.39, 0.29) is 12.1 Å². The Morgan fingerprint density at radius 2 is 2.33 bits per heavy atom. The lowest BCUT2D eigenvalue weighted by molar-refractivity contribution is 0.0218. The maximum Gasteiger partial charge on any atom is 0.410 e. The number of halogens is 1. The van der Waals surface area contributed by atoms with Crippen molar-refractivity contribution in [2.45, 2.75) is 45.3 Å². The average molecular weight is 363 g/mol. The summed E-state index contributed by atoms with van der Waals surface area (Å²) in [6.07, 6.45) is 3.52. The zero-order valence-corrected chi connectivity index (χ0v) is 13.0. The van der Waals surface area contributed by atoms with Crippen LogP contribution in [0.2, 0.25) is 0 Å². The van der Waals surface area contributed by atoms with Crippen LogP contribution in [0.25, 0.3) is 0 Å². The van der Waals surface area contributed by atoms with Gasteiger partial charge in [0.2, 0.25) is 0 Å². The number of amides is 1. The molecule has 0 aliphatic carbocycles. The van der Waals surface area contributed by atoms with Crippen molar-refractivity contribution in [3.63, 3.8) is 0 Å². The summed E-state index contributed by atoms with van der Waals surface area (Å²) < 4.78 is 6.34. The number of H-pyrrole nitrogens is 1. The minimum absolute atomic E-state index is 0.0170. The highest BCUT2D eigenvalue weighted by molar-refractivity contribution is 14.1. The molecule has 0 saturated carbocycles. The van der Waals surface area contributed by atoms with E-state index in [4.69, 9.17) is 4.74 Å². The molecule has 1 fully saturated rings. The van der Waals surface area contributed by atoms with E-state index < -0.39 is 5.60 Å². The number of rotatable bonds is 1. The number of imidazole rings is 1. The summed E-state index contributed by atoms with van der Waals surface area (Å²) in [6.45, 7) is 6.38. The SMILES string of the molecule is CC(C)(C)OC(=O)N1CCCC1c1nc(I)c[nH]1. The Hall–Kier alpha value is -0.790. The second-order valence-electron chi connectivity index (χ2n) is 5.44. The Balaban J connectivity index is 2.10. The van der Waals surface area contributed by atoms with E-state index in [1.165, 1.54) is 0 Å². The van der Waals surface area contributed by atoms with Gasteiger partial charge < -0.3 is 9.72 Å². The molecular formula is C12H18IN3O2. The number of nitrogens with one attached hydrogen (secondary N) is 1. The fourth-order valence-electron chi connectivity index (χ4n) is 2.07. The van der Waals surface area contributed by atoms with Crippen LogP contribution in [-0.2, 0) is 4.74 Å². The van der Waals surface area contributed by atoms with Gasteiger partial charge in [-0.25, -0.2) is 9.78 Å². The zero-order chi connectivity index (χ0) is 13.3. The van der Waals surface area contributed by atoms with E-state index in [1.54, 1.807) is 4.90 Å². The van der Waals surface area contributed by atoms with Gasteiger partial charge in [0.05, 0.1) is 6.04 Å². The molecule has 1 aromatic rings. The first-order valence-corrected chi connectivity index (χ1v) is 7.15. The van der Waals surface area contributed by atoms with Crippen LogP contribution in [0.1, 0.15) is 45.5 Å². The summed E-state index contributed by atoms with van der Waals surface area (Å²) in [6, 6.07) is 0.0170. The summed E-state index contributed by atoms with van der Waals surface area (Å²) in [5.74, 6) is 0.850. The van der Waals surface area contributed by atoms with E-state index in [0.717, 1.165) is 28.9 Å². The average Bonchev–Trinajstić information content (AvgIpc) is 2.81. The van der Waals surface area contributed by atoms with Gasteiger partial charge >= 0.3 is 6.09 Å². The van der Waals surface area contributed by atoms with Crippen molar-refractivity contribution >= 4 is 28.7 Å². The highest BCUT2D eigenvalue weighted by Gasteiger charge is 2.34. The molecule has 6 heteroatoms. The fraction of sp³-hybridized carbons (Fsp3) is 0.667. The number of aromatic nitrogens is 2. The van der Waals surface area contributed by atoms with Crippen molar-refractivity contribution in [1.29, 1.82) is 0 Å². The third-order valence-corrected chi connectivity index (χ3v) is 3.32. The Morgan fingerprint density at radius 1 is 1.61 bits per heavy atom. The summed E-state index contributed by atoms with van der Waals surface area (Å²) in [4.78, 5) is 21.4. The molecule has 2 rings (SSSR count). The van der Waals surface area contributed by atoms with Crippen LogP contribution in [0.15, 0.2) is 6.20 Å². The van der Waals surface area contributed by atoms with Crippen LogP contribution in [0.3, 0.4) is 0 Å². The summed E-state index contributed by atoms with van der Waals surface area (Å²) in [5, 5.41) is 0. The molecule has 0 radical (unpaired) electrons. The fourth-order valence-corrected chi connectivity index (χ4v) is 2.49. The second kappa shape index (κ2) is 5.07. The van der Waals surface area contributed by atoms with Crippen molar-refractivity contribution < 1.29 is 9.53 Å². The number of nitrogens with zero attached hydrogens (tertiary/aromatic N) is 2. The molecular weight excluding hydrogens is 345 g/mol. The van der Waals surface area contributed by atoms with Gasteiger partial charge in [-0.15, -0.1) is 0 Å². The van der Waals surface area contributed by atoms with Crippen LogP contribution in [-0.4, -0.2) is 33.1 Å². The van der Waals surface area contributed by atoms with Crippen LogP contribution in [0.5, 0.6) is 0 Å². The normalized spacial score (nSPS) is 20.2. The standard InChI is InChI=1S/C12H18IN3O2/c1-12(2,3)18-11(17)16-6-4-5-8(16)10-14-7-9(13)15-10/h7-8H,4-6H2,1-3H3,(H,14,15). The first-order valence-electron chi connectivity index (χ1n) is 6.07. The van der Waals surface area contributed by atoms with E-state index in [1.807, 2.05) is 27.0 Å². The monoisotopic (exact) mass is 363 g/mol. The summed E-state index contributed by atoms with van der Waals surface area (Å²) in [7, 11) is 0. The molecule has 1 unspecified atom stereocenters. The lowest BCUT2D eigenvalue weighted by Crippen LogP contribution is -2.36. The maximum absolute atomic E-state index is 12.1. The first-order chi connectivity index (χ1) is 8.37. The van der Waals surface area contributed by atoms with Gasteiger partial charge in [0.1, 0.15) is 15.1 Å². The van der Waals surface area contributed by atoms with Crippen molar-refractivity contribution in [3.05, 3.63) is 15.7 Å². The smallest absolute Gasteiger partial charge is 0.410 e. The number of aromatic amines is 1. The Kier molecular flexibility index (Phi) is 3.84. The van der Waals surface area contributed by atoms with Crippen LogP contribution in [0.4, 0.5) is 4.79 Å². The van der Waals surface area contributed by atoms with Crippen LogP contribution < -0.4 is 0 Å². The van der Waals surface area contributed by atoms with Gasteiger partial charge in [-0.05, 0) is 56.2 Å². The number of hydrogen-bond acceptors (Lipinski definition) is 3. The topological polar surface area (TPSA) is 58.2 Å². The van der Waals surface area contributed by atoms with Crippen molar-refractivity contribution in [1.82, 2.24) is 14.9 Å². The number of likely N-dealkylation sites (tertiary alicyclic amines) is 1. The van der Waals surface area contributed by atoms with Crippen LogP contribution >= 0.6 is 22.6 Å². The molecule has 1 N–H and O–H groups in total. The van der Waals surface area contributed by atoms with Crippen molar-refractivity contribution in [2.24, 2.45) is 0 Å². The van der Waals surface area contributed by atoms with Crippen molar-refractivity contribution in [2.75, 3.05) is 6.54 Å². The second-order valence-corrected chi connectivity index (χ2v) is 6.55. The Labute approximate surface area is 120 Å². The largest absolute Gasteiger partial charge is 0.444 e. The molecule has 0 spiro atoms. The van der Waals surface area contributed by atoms with Crippen LogP contribution in [0, 0.1) is 3.70 Å². The maximum atomic E-state index is 12.1. The molecule has 1 aromatic heterocycles. The van der Waals surface area contributed by atoms with E-state index >= 15 is 0 Å². The summed E-state index contributed by atoms with van der Waals surface area (Å²) >= 11 is 2.16. The lowest BCUT2D eigenvalue weighted by atomic mass is 10.2. The predicted molar refractivity (Wildman–Crippen MR) is 76.2 cm³/mol. The molecule has 0 bridgehead atoms. The number of carbonyl (C=O) groups excluding carboxylic acids is 1. The van der Waals surface area contributed by atoms with Gasteiger partial charge in [-0.1, -0.05) is 0 Å². The number of ether oxygens (including phenoxy) is 1. The van der Waals surface area contributed by atoms with Gasteiger partial charge in [0.25, 0.3) is 0 Å². The Morgan fingerprint density at radius 3 is 2.89 bits per heavy atom. The van der Waals surface area contributed by atoms with Crippen molar-refractivity contribution in [3.8, 4) is 0 Å². The highest BCUT2D eigenvalue weighted by atomic mass is 127. The Bertz CT molecular complexity index is 439. The molecule has 1 saturated heterocycles. The zero-order valence-electron chi connectivity index (χ0n) is 10.9. The molecule has 0 aromatic carbocycles. The van der Waals surface area contributed by atoms with Gasteiger partial charge in [-0.3, -0.25) is 4.90 Å². The van der Waals surface area contributed by atoms with Gasteiger partial charge in [0, 0.05) is 12.7 Å². The summed E-state index contributed by atoms with van der Waals surface area (Å²) in [5.41, 5.74) is -0.457. The number of carbonyl (C=O) groups is 1. The molecule has 100 valence electrons. The molecule has 5 nitrogen and oxygen atoms in total. The predicted octanol–water partition coefficient (Wildman–Crippen LogP) is 3.09. The van der Waals surface area contributed by atoms with E-state index in [0.29, 0.717) is 0 Å². The molecule has 1 aliphatic rings.